The van der Waals surface area contributed by atoms with Gasteiger partial charge in [-0.2, -0.15) is 0 Å². The van der Waals surface area contributed by atoms with Crippen molar-refractivity contribution in [2.75, 3.05) is 14.2 Å². The van der Waals surface area contributed by atoms with Crippen LogP contribution < -0.4 is 9.47 Å². The fourth-order valence-corrected chi connectivity index (χ4v) is 4.08. The van der Waals surface area contributed by atoms with Gasteiger partial charge in [-0.15, -0.1) is 0 Å². The van der Waals surface area contributed by atoms with Crippen LogP contribution >= 0.6 is 0 Å². The minimum absolute atomic E-state index is 0.446. The van der Waals surface area contributed by atoms with Crippen LogP contribution in [-0.2, 0) is 0 Å². The van der Waals surface area contributed by atoms with E-state index in [2.05, 4.69) is 24.3 Å². The maximum Gasteiger partial charge on any atom is 0.153 e. The number of carbonyl (C=O) groups excluding carboxylic acids is 2. The Morgan fingerprint density at radius 2 is 0.912 bits per heavy atom. The van der Waals surface area contributed by atoms with Gasteiger partial charge in [0.15, 0.2) is 12.6 Å². The summed E-state index contributed by atoms with van der Waals surface area (Å²) in [5, 5.41) is 0. The number of aldehydes is 2. The van der Waals surface area contributed by atoms with E-state index in [-0.39, 0.29) is 0 Å². The van der Waals surface area contributed by atoms with Crippen molar-refractivity contribution in [3.63, 3.8) is 0 Å². The van der Waals surface area contributed by atoms with E-state index in [1.54, 1.807) is 12.1 Å². The molecule has 4 rings (SSSR count). The van der Waals surface area contributed by atoms with E-state index in [9.17, 15) is 9.59 Å². The number of hydrogen-bond acceptors (Lipinski definition) is 4. The van der Waals surface area contributed by atoms with Gasteiger partial charge in [-0.3, -0.25) is 9.59 Å². The van der Waals surface area contributed by atoms with Gasteiger partial charge in [-0.1, -0.05) is 72.8 Å². The van der Waals surface area contributed by atoms with E-state index in [0.29, 0.717) is 22.6 Å². The first kappa shape index (κ1) is 22.7. The van der Waals surface area contributed by atoms with Crippen LogP contribution in [0.1, 0.15) is 43.0 Å². The maximum atomic E-state index is 11.8. The summed E-state index contributed by atoms with van der Waals surface area (Å²) < 4.78 is 10.7. The molecule has 168 valence electrons. The monoisotopic (exact) mass is 448 g/mol. The molecule has 4 nitrogen and oxygen atoms in total. The number of ether oxygens (including phenoxy) is 2. The molecule has 0 N–H and O–H groups in total. The summed E-state index contributed by atoms with van der Waals surface area (Å²) >= 11 is 0. The lowest BCUT2D eigenvalue weighted by atomic mass is 9.85. The molecule has 4 aromatic rings. The Morgan fingerprint density at radius 1 is 0.529 bits per heavy atom. The summed E-state index contributed by atoms with van der Waals surface area (Å²) in [6, 6.07) is 31.2. The van der Waals surface area contributed by atoms with Gasteiger partial charge in [0.2, 0.25) is 0 Å². The van der Waals surface area contributed by atoms with Crippen LogP contribution in [0.4, 0.5) is 0 Å². The molecular weight excluding hydrogens is 424 g/mol. The second-order valence-electron chi connectivity index (χ2n) is 7.63. The predicted octanol–water partition coefficient (Wildman–Crippen LogP) is 6.34. The zero-order chi connectivity index (χ0) is 23.9. The van der Waals surface area contributed by atoms with Gasteiger partial charge in [0.05, 0.1) is 25.3 Å². The zero-order valence-corrected chi connectivity index (χ0v) is 19.0. The fraction of sp³-hybridized carbons (Fsp3) is 0.0667. The van der Waals surface area contributed by atoms with Crippen molar-refractivity contribution in [3.05, 3.63) is 130 Å². The number of carbonyl (C=O) groups is 2. The summed E-state index contributed by atoms with van der Waals surface area (Å²) in [5.41, 5.74) is 6.43. The van der Waals surface area contributed by atoms with Crippen LogP contribution in [0.5, 0.6) is 11.5 Å². The summed E-state index contributed by atoms with van der Waals surface area (Å²) in [6.45, 7) is 0. The second kappa shape index (κ2) is 10.5. The van der Waals surface area contributed by atoms with Gasteiger partial charge in [0.1, 0.15) is 11.5 Å². The van der Waals surface area contributed by atoms with E-state index in [1.165, 1.54) is 14.2 Å². The molecule has 0 aromatic heterocycles. The Bertz CT molecular complexity index is 1240. The lowest BCUT2D eigenvalue weighted by Crippen LogP contribution is -2.01. The maximum absolute atomic E-state index is 11.8. The molecule has 0 aliphatic carbocycles. The van der Waals surface area contributed by atoms with E-state index in [0.717, 1.165) is 46.0 Å². The van der Waals surface area contributed by atoms with Gasteiger partial charge in [-0.25, -0.2) is 0 Å². The van der Waals surface area contributed by atoms with Crippen LogP contribution in [0.2, 0.25) is 0 Å². The molecule has 0 saturated heterocycles. The lowest BCUT2D eigenvalue weighted by molar-refractivity contribution is 0.111. The van der Waals surface area contributed by atoms with Crippen LogP contribution in [0.3, 0.4) is 0 Å². The summed E-state index contributed by atoms with van der Waals surface area (Å²) in [6.07, 6.45) is 1.57. The largest absolute Gasteiger partial charge is 0.496 e. The quantitative estimate of drug-likeness (QED) is 0.233. The molecule has 0 bridgehead atoms. The van der Waals surface area contributed by atoms with E-state index in [4.69, 9.17) is 9.47 Å². The summed E-state index contributed by atoms with van der Waals surface area (Å²) in [7, 11) is 3.08. The van der Waals surface area contributed by atoms with Crippen molar-refractivity contribution in [3.8, 4) is 11.5 Å². The molecule has 34 heavy (non-hydrogen) atoms. The Morgan fingerprint density at radius 3 is 1.26 bits per heavy atom. The highest BCUT2D eigenvalue weighted by Crippen LogP contribution is 2.39. The minimum atomic E-state index is 0.446. The third-order valence-electron chi connectivity index (χ3n) is 5.67. The molecule has 0 atom stereocenters. The first-order valence-electron chi connectivity index (χ1n) is 10.8. The Labute approximate surface area is 199 Å². The predicted molar refractivity (Wildman–Crippen MR) is 135 cm³/mol. The van der Waals surface area contributed by atoms with Gasteiger partial charge in [0.25, 0.3) is 0 Å². The van der Waals surface area contributed by atoms with Crippen molar-refractivity contribution in [2.24, 2.45) is 0 Å². The van der Waals surface area contributed by atoms with Crippen molar-refractivity contribution >= 4 is 23.7 Å². The first-order valence-corrected chi connectivity index (χ1v) is 10.8. The summed E-state index contributed by atoms with van der Waals surface area (Å²) in [4.78, 5) is 23.7. The third kappa shape index (κ3) is 4.52. The van der Waals surface area contributed by atoms with E-state index in [1.807, 2.05) is 60.7 Å². The van der Waals surface area contributed by atoms with Crippen LogP contribution in [0.25, 0.3) is 11.1 Å². The standard InChI is InChI=1S/C30H24O4/c1-33-27-15-13-23(17-25(27)19-31)30(24-14-16-28(34-2)26(18-24)20-32)29(21-9-5-3-6-10-21)22-11-7-4-8-12-22/h3-20H,1-2H3. The van der Waals surface area contributed by atoms with Crippen LogP contribution in [-0.4, -0.2) is 26.8 Å². The molecule has 0 radical (unpaired) electrons. The Kier molecular flexibility index (Phi) is 6.99. The topological polar surface area (TPSA) is 52.6 Å². The molecule has 0 unspecified atom stereocenters. The van der Waals surface area contributed by atoms with Gasteiger partial charge < -0.3 is 9.47 Å². The van der Waals surface area contributed by atoms with Crippen molar-refractivity contribution in [1.82, 2.24) is 0 Å². The average Bonchev–Trinajstić information content (AvgIpc) is 2.91. The number of benzene rings is 4. The van der Waals surface area contributed by atoms with Crippen molar-refractivity contribution in [1.29, 1.82) is 0 Å². The Hall–Kier alpha value is -4.44. The minimum Gasteiger partial charge on any atom is -0.496 e. The van der Waals surface area contributed by atoms with Gasteiger partial charge in [0, 0.05) is 0 Å². The highest BCUT2D eigenvalue weighted by atomic mass is 16.5. The fourth-order valence-electron chi connectivity index (χ4n) is 4.08. The highest BCUT2D eigenvalue weighted by Gasteiger charge is 2.19. The molecule has 0 spiro atoms. The molecular formula is C30H24O4. The lowest BCUT2D eigenvalue weighted by Gasteiger charge is -2.19. The third-order valence-corrected chi connectivity index (χ3v) is 5.67. The van der Waals surface area contributed by atoms with Crippen LogP contribution in [0.15, 0.2) is 97.1 Å². The molecule has 0 aliphatic rings. The van der Waals surface area contributed by atoms with Crippen LogP contribution in [0, 0.1) is 0 Å². The number of hydrogen-bond donors (Lipinski definition) is 0. The number of methoxy groups -OCH3 is 2. The molecule has 4 aromatic carbocycles. The molecule has 0 heterocycles. The average molecular weight is 449 g/mol. The zero-order valence-electron chi connectivity index (χ0n) is 19.0. The second-order valence-corrected chi connectivity index (χ2v) is 7.63. The van der Waals surface area contributed by atoms with E-state index >= 15 is 0 Å². The summed E-state index contributed by atoms with van der Waals surface area (Å²) in [5.74, 6) is 1.00. The van der Waals surface area contributed by atoms with Crippen molar-refractivity contribution in [2.45, 2.75) is 0 Å². The molecule has 0 saturated carbocycles. The van der Waals surface area contributed by atoms with Gasteiger partial charge >= 0.3 is 0 Å². The molecule has 0 aliphatic heterocycles. The first-order chi connectivity index (χ1) is 16.7. The smallest absolute Gasteiger partial charge is 0.153 e. The number of rotatable bonds is 8. The highest BCUT2D eigenvalue weighted by molar-refractivity contribution is 6.05. The normalized spacial score (nSPS) is 10.3. The van der Waals surface area contributed by atoms with E-state index < -0.39 is 0 Å². The molecule has 4 heteroatoms. The van der Waals surface area contributed by atoms with Crippen molar-refractivity contribution < 1.29 is 19.1 Å². The SMILES string of the molecule is COc1ccc(C(=C(c2ccccc2)c2ccccc2)c2ccc(OC)c(C=O)c2)cc1C=O. The van der Waals surface area contributed by atoms with Gasteiger partial charge in [-0.05, 0) is 57.7 Å². The molecule has 0 amide bonds. The Balaban J connectivity index is 2.13. The molecule has 0 fully saturated rings.